The fourth-order valence-electron chi connectivity index (χ4n) is 8.07. The molecule has 0 spiro atoms. The Morgan fingerprint density at radius 1 is 0.448 bits per heavy atom. The summed E-state index contributed by atoms with van der Waals surface area (Å²) in [5, 5.41) is 30.3. The minimum absolute atomic E-state index is 0.0117. The van der Waals surface area contributed by atoms with Crippen molar-refractivity contribution in [3.8, 4) is 11.5 Å². The van der Waals surface area contributed by atoms with Crippen LogP contribution in [0.25, 0.3) is 0 Å². The third-order valence-corrected chi connectivity index (χ3v) is 18.8. The largest absolute Gasteiger partial charge is 0.595 e. The number of hydrogen-bond donors (Lipinski definition) is 5. The Hall–Kier alpha value is -4.47. The van der Waals surface area contributed by atoms with Gasteiger partial charge >= 0.3 is 15.1 Å². The Morgan fingerprint density at radius 2 is 0.761 bits per heavy atom. The van der Waals surface area contributed by atoms with Crippen LogP contribution in [0.2, 0.25) is 0 Å². The molecule has 0 radical (unpaired) electrons. The zero-order valence-corrected chi connectivity index (χ0v) is 42.1. The summed E-state index contributed by atoms with van der Waals surface area (Å²) in [6.07, 6.45) is 0. The maximum Gasteiger partial charge on any atom is 0.595 e. The standard InChI is InChI=1S/C53H63O11P3/c1-49(2,39-21-13-9-14-22-39)43-29-31-47(45(33-43)51(5,6)41-25-17-11-18-26-41)62-66(59,64-67(60,65(57)58)61-38-53(35-54,36-55)37-56)63-48-32-30-44(50(3,4)40-23-15-10-16-24-40)34-46(48)52(7,8)42-27-19-12-20-28-42/h9-34,54-58H,35-38H2,1-8H3. The van der Waals surface area contributed by atoms with Crippen molar-refractivity contribution in [2.24, 2.45) is 5.41 Å². The van der Waals surface area contributed by atoms with E-state index in [9.17, 15) is 29.7 Å². The van der Waals surface area contributed by atoms with Gasteiger partial charge in [-0.2, -0.15) is 4.31 Å². The highest BCUT2D eigenvalue weighted by atomic mass is 32.1. The van der Waals surface area contributed by atoms with Crippen LogP contribution in [-0.4, -0.2) is 51.5 Å². The smallest absolute Gasteiger partial charge is 0.396 e. The van der Waals surface area contributed by atoms with Gasteiger partial charge in [-0.3, -0.25) is 0 Å². The highest BCUT2D eigenvalue weighted by Gasteiger charge is 2.50. The zero-order valence-electron chi connectivity index (χ0n) is 39.4. The van der Waals surface area contributed by atoms with Crippen LogP contribution in [0, 0.1) is 5.41 Å². The third-order valence-electron chi connectivity index (χ3n) is 13.1. The van der Waals surface area contributed by atoms with Crippen molar-refractivity contribution in [2.45, 2.75) is 77.0 Å². The summed E-state index contributed by atoms with van der Waals surface area (Å²) in [6.45, 7) is 12.9. The van der Waals surface area contributed by atoms with Crippen LogP contribution >= 0.6 is 23.2 Å². The molecule has 1 atom stereocenters. The summed E-state index contributed by atoms with van der Waals surface area (Å²) >= 11 is 0. The SMILES string of the molecule is CC(C)(c1ccccc1)c1ccc(OP(=O)(Oc2ccc(C(C)(C)c3ccccc3)cc2C(C)(C)c2ccccc2)OP(=O)(OCC(CO)(CO)CO)P(O)O)c(C(C)(C)c2ccccc2)c1. The van der Waals surface area contributed by atoms with Gasteiger partial charge in [-0.05, 0) is 45.5 Å². The molecule has 6 rings (SSSR count). The van der Waals surface area contributed by atoms with E-state index < -0.39 is 76.7 Å². The number of aliphatic hydroxyl groups excluding tert-OH is 3. The van der Waals surface area contributed by atoms with Crippen molar-refractivity contribution < 1.29 is 52.1 Å². The molecule has 67 heavy (non-hydrogen) atoms. The molecule has 0 saturated heterocycles. The van der Waals surface area contributed by atoms with Crippen molar-refractivity contribution in [3.05, 3.63) is 202 Å². The summed E-state index contributed by atoms with van der Waals surface area (Å²) in [7, 11) is -14.5. The fraction of sp³-hybridized carbons (Fsp3) is 0.321. The van der Waals surface area contributed by atoms with Crippen LogP contribution in [0.1, 0.15) is 99.9 Å². The van der Waals surface area contributed by atoms with Crippen molar-refractivity contribution in [1.29, 1.82) is 0 Å². The summed E-state index contributed by atoms with van der Waals surface area (Å²) in [5.74, 6) is 0.0235. The lowest BCUT2D eigenvalue weighted by Crippen LogP contribution is -2.38. The zero-order chi connectivity index (χ0) is 48.9. The van der Waals surface area contributed by atoms with Crippen molar-refractivity contribution in [2.75, 3.05) is 26.4 Å². The first kappa shape index (κ1) is 51.9. The monoisotopic (exact) mass is 968 g/mol. The predicted octanol–water partition coefficient (Wildman–Crippen LogP) is 12.0. The molecule has 0 bridgehead atoms. The van der Waals surface area contributed by atoms with Crippen molar-refractivity contribution in [1.82, 2.24) is 0 Å². The van der Waals surface area contributed by atoms with Gasteiger partial charge in [-0.15, -0.1) is 0 Å². The number of hydrogen-bond acceptors (Lipinski definition) is 11. The first-order valence-corrected chi connectivity index (χ1v) is 27.0. The van der Waals surface area contributed by atoms with Crippen LogP contribution in [0.3, 0.4) is 0 Å². The maximum atomic E-state index is 16.0. The van der Waals surface area contributed by atoms with Gasteiger partial charge in [0.1, 0.15) is 11.5 Å². The lowest BCUT2D eigenvalue weighted by atomic mass is 9.73. The van der Waals surface area contributed by atoms with E-state index in [1.165, 1.54) is 0 Å². The van der Waals surface area contributed by atoms with Crippen LogP contribution in [0.5, 0.6) is 11.5 Å². The number of aliphatic hydroxyl groups is 3. The van der Waals surface area contributed by atoms with Gasteiger partial charge in [0.2, 0.25) is 0 Å². The van der Waals surface area contributed by atoms with E-state index in [0.717, 1.165) is 33.4 Å². The minimum atomic E-state index is -5.43. The van der Waals surface area contributed by atoms with Crippen LogP contribution in [0.15, 0.2) is 158 Å². The topological polar surface area (TPSA) is 172 Å². The summed E-state index contributed by atoms with van der Waals surface area (Å²) < 4.78 is 55.0. The fourth-order valence-corrected chi connectivity index (χ4v) is 13.1. The molecule has 0 heterocycles. The lowest BCUT2D eigenvalue weighted by molar-refractivity contribution is -0.0268. The van der Waals surface area contributed by atoms with E-state index in [-0.39, 0.29) is 11.5 Å². The number of phosphoric ester groups is 1. The van der Waals surface area contributed by atoms with Crippen LogP contribution in [0.4, 0.5) is 0 Å². The average Bonchev–Trinajstić information content (AvgIpc) is 3.33. The Bertz CT molecular complexity index is 2500. The number of phosphoric acid groups is 1. The number of benzene rings is 6. The molecule has 5 N–H and O–H groups in total. The summed E-state index contributed by atoms with van der Waals surface area (Å²) in [5.41, 5.74) is 2.16. The number of rotatable bonds is 21. The molecule has 0 aliphatic rings. The molecule has 0 amide bonds. The van der Waals surface area contributed by atoms with E-state index in [2.05, 4.69) is 27.7 Å². The molecule has 0 aliphatic heterocycles. The Balaban J connectivity index is 1.59. The second-order valence-electron chi connectivity index (χ2n) is 19.1. The highest BCUT2D eigenvalue weighted by Crippen LogP contribution is 2.79. The van der Waals surface area contributed by atoms with Crippen molar-refractivity contribution in [3.63, 3.8) is 0 Å². The Labute approximate surface area is 396 Å². The predicted molar refractivity (Wildman–Crippen MR) is 266 cm³/mol. The molecule has 0 saturated carbocycles. The van der Waals surface area contributed by atoms with Gasteiger partial charge in [-0.1, -0.05) is 201 Å². The molecule has 0 aliphatic carbocycles. The van der Waals surface area contributed by atoms with Gasteiger partial charge in [0.05, 0.1) is 31.8 Å². The molecule has 14 heteroatoms. The first-order valence-electron chi connectivity index (χ1n) is 22.1. The maximum absolute atomic E-state index is 16.0. The van der Waals surface area contributed by atoms with Gasteiger partial charge < -0.3 is 38.7 Å². The lowest BCUT2D eigenvalue weighted by Gasteiger charge is -2.34. The molecule has 356 valence electrons. The second-order valence-corrected chi connectivity index (χ2v) is 25.3. The molecule has 0 fully saturated rings. The van der Waals surface area contributed by atoms with E-state index in [1.54, 1.807) is 12.1 Å². The molecule has 6 aromatic rings. The van der Waals surface area contributed by atoms with Gasteiger partial charge in [0.25, 0.3) is 8.06 Å². The molecule has 1 unspecified atom stereocenters. The molecule has 0 aromatic heterocycles. The molecule has 11 nitrogen and oxygen atoms in total. The minimum Gasteiger partial charge on any atom is -0.396 e. The summed E-state index contributed by atoms with van der Waals surface area (Å²) in [4.78, 5) is 21.6. The highest BCUT2D eigenvalue weighted by molar-refractivity contribution is 8.24. The van der Waals surface area contributed by atoms with Crippen molar-refractivity contribution >= 4 is 23.2 Å². The molecular formula is C53H63O11P3. The normalized spacial score (nSPS) is 13.9. The summed E-state index contributed by atoms with van der Waals surface area (Å²) in [6, 6.07) is 50.1. The van der Waals surface area contributed by atoms with Gasteiger partial charge in [0, 0.05) is 32.8 Å². The average molecular weight is 969 g/mol. The Morgan fingerprint density at radius 3 is 1.06 bits per heavy atom. The van der Waals surface area contributed by atoms with E-state index in [1.807, 2.05) is 173 Å². The second kappa shape index (κ2) is 20.6. The van der Waals surface area contributed by atoms with E-state index in [0.29, 0.717) is 11.1 Å². The van der Waals surface area contributed by atoms with Crippen LogP contribution in [-0.2, 0) is 39.6 Å². The molecule has 6 aromatic carbocycles. The van der Waals surface area contributed by atoms with E-state index >= 15 is 4.57 Å². The van der Waals surface area contributed by atoms with Gasteiger partial charge in [-0.25, -0.2) is 9.13 Å². The van der Waals surface area contributed by atoms with Crippen LogP contribution < -0.4 is 9.05 Å². The Kier molecular flexibility index (Phi) is 16.0. The molecular weight excluding hydrogens is 905 g/mol. The van der Waals surface area contributed by atoms with Gasteiger partial charge in [0.15, 0.2) is 0 Å². The first-order chi connectivity index (χ1) is 31.6. The third kappa shape index (κ3) is 11.2. The quantitative estimate of drug-likeness (QED) is 0.0435. The van der Waals surface area contributed by atoms with E-state index in [4.69, 9.17) is 17.9 Å².